The molecule has 13 heavy (non-hydrogen) atoms. The predicted molar refractivity (Wildman–Crippen MR) is 52.3 cm³/mol. The number of hydrogen-bond donors (Lipinski definition) is 0. The van der Waals surface area contributed by atoms with Gasteiger partial charge >= 0.3 is 0 Å². The van der Waals surface area contributed by atoms with Crippen LogP contribution in [0.2, 0.25) is 0 Å². The van der Waals surface area contributed by atoms with Gasteiger partial charge in [-0.15, -0.1) is 0 Å². The number of amides is 1. The quantitative estimate of drug-likeness (QED) is 0.606. The van der Waals surface area contributed by atoms with E-state index in [9.17, 15) is 4.79 Å². The van der Waals surface area contributed by atoms with E-state index in [1.807, 2.05) is 4.90 Å². The molecule has 2 fully saturated rings. The fourth-order valence-electron chi connectivity index (χ4n) is 2.16. The number of likely N-dealkylation sites (tertiary alicyclic amines) is 1. The van der Waals surface area contributed by atoms with Crippen molar-refractivity contribution in [3.05, 3.63) is 0 Å². The van der Waals surface area contributed by atoms with Crippen molar-refractivity contribution >= 4 is 5.91 Å². The van der Waals surface area contributed by atoms with Crippen LogP contribution in [0.3, 0.4) is 0 Å². The SMILES string of the molecule is CC1(C)C[C@@H]1C(=O)N1CCC1(C)C. The lowest BCUT2D eigenvalue weighted by atomic mass is 9.88. The summed E-state index contributed by atoms with van der Waals surface area (Å²) in [6, 6.07) is 0. The largest absolute Gasteiger partial charge is 0.337 e. The third kappa shape index (κ3) is 1.27. The lowest BCUT2D eigenvalue weighted by molar-refractivity contribution is -0.146. The Morgan fingerprint density at radius 2 is 1.85 bits per heavy atom. The molecule has 1 amide bonds. The number of rotatable bonds is 1. The Bertz CT molecular complexity index is 255. The maximum atomic E-state index is 11.9. The van der Waals surface area contributed by atoms with Gasteiger partial charge in [-0.2, -0.15) is 0 Å². The fraction of sp³-hybridized carbons (Fsp3) is 0.909. The van der Waals surface area contributed by atoms with Crippen LogP contribution in [0.15, 0.2) is 0 Å². The molecular formula is C11H19NO. The Balaban J connectivity index is 2.00. The molecule has 0 radical (unpaired) electrons. The highest BCUT2D eigenvalue weighted by Gasteiger charge is 2.55. The average molecular weight is 181 g/mol. The summed E-state index contributed by atoms with van der Waals surface area (Å²) in [6.45, 7) is 9.65. The molecule has 0 N–H and O–H groups in total. The molecule has 0 aromatic rings. The van der Waals surface area contributed by atoms with E-state index in [0.29, 0.717) is 11.8 Å². The first-order valence-electron chi connectivity index (χ1n) is 5.16. The van der Waals surface area contributed by atoms with Crippen LogP contribution in [0.1, 0.15) is 40.5 Å². The van der Waals surface area contributed by atoms with Crippen LogP contribution in [0.5, 0.6) is 0 Å². The summed E-state index contributed by atoms with van der Waals surface area (Å²) in [4.78, 5) is 14.0. The van der Waals surface area contributed by atoms with Gasteiger partial charge < -0.3 is 4.90 Å². The second kappa shape index (κ2) is 2.28. The Kier molecular flexibility index (Phi) is 1.59. The Labute approximate surface area is 80.3 Å². The molecule has 1 saturated carbocycles. The molecule has 0 bridgehead atoms. The van der Waals surface area contributed by atoms with E-state index in [-0.39, 0.29) is 11.0 Å². The molecule has 2 nitrogen and oxygen atoms in total. The van der Waals surface area contributed by atoms with E-state index < -0.39 is 0 Å². The lowest BCUT2D eigenvalue weighted by Gasteiger charge is -2.48. The molecule has 1 atom stereocenters. The minimum Gasteiger partial charge on any atom is -0.337 e. The molecule has 2 rings (SSSR count). The van der Waals surface area contributed by atoms with Crippen LogP contribution >= 0.6 is 0 Å². The minimum absolute atomic E-state index is 0.135. The van der Waals surface area contributed by atoms with Gasteiger partial charge in [-0.25, -0.2) is 0 Å². The van der Waals surface area contributed by atoms with E-state index in [2.05, 4.69) is 27.7 Å². The summed E-state index contributed by atoms with van der Waals surface area (Å²) < 4.78 is 0. The van der Waals surface area contributed by atoms with Gasteiger partial charge in [0.15, 0.2) is 0 Å². The smallest absolute Gasteiger partial charge is 0.226 e. The molecular weight excluding hydrogens is 162 g/mol. The third-order valence-electron chi connectivity index (χ3n) is 3.76. The second-order valence-electron chi connectivity index (χ2n) is 5.80. The Morgan fingerprint density at radius 1 is 1.31 bits per heavy atom. The molecule has 74 valence electrons. The van der Waals surface area contributed by atoms with Crippen LogP contribution in [0, 0.1) is 11.3 Å². The van der Waals surface area contributed by atoms with Gasteiger partial charge in [0.2, 0.25) is 5.91 Å². The van der Waals surface area contributed by atoms with Crippen LogP contribution < -0.4 is 0 Å². The van der Waals surface area contributed by atoms with Crippen molar-refractivity contribution in [1.82, 2.24) is 4.90 Å². The van der Waals surface area contributed by atoms with Crippen molar-refractivity contribution in [2.45, 2.75) is 46.1 Å². The highest BCUT2D eigenvalue weighted by atomic mass is 16.2. The van der Waals surface area contributed by atoms with E-state index in [1.165, 1.54) is 0 Å². The number of nitrogens with zero attached hydrogens (tertiary/aromatic N) is 1. The average Bonchev–Trinajstić information content (AvgIpc) is 2.58. The van der Waals surface area contributed by atoms with Crippen molar-refractivity contribution in [2.75, 3.05) is 6.54 Å². The molecule has 0 aromatic heterocycles. The molecule has 1 aliphatic heterocycles. The van der Waals surface area contributed by atoms with Crippen molar-refractivity contribution in [3.63, 3.8) is 0 Å². The van der Waals surface area contributed by atoms with Gasteiger partial charge in [-0.05, 0) is 32.1 Å². The Hall–Kier alpha value is -0.530. The van der Waals surface area contributed by atoms with Crippen LogP contribution in [-0.2, 0) is 4.79 Å². The lowest BCUT2D eigenvalue weighted by Crippen LogP contribution is -2.59. The highest BCUT2D eigenvalue weighted by Crippen LogP contribution is 2.53. The molecule has 0 aromatic carbocycles. The second-order valence-corrected chi connectivity index (χ2v) is 5.80. The summed E-state index contributed by atoms with van der Waals surface area (Å²) in [7, 11) is 0. The van der Waals surface area contributed by atoms with Crippen molar-refractivity contribution < 1.29 is 4.79 Å². The summed E-state index contributed by atoms with van der Waals surface area (Å²) in [5.41, 5.74) is 0.415. The molecule has 0 unspecified atom stereocenters. The zero-order valence-corrected chi connectivity index (χ0v) is 9.05. The topological polar surface area (TPSA) is 20.3 Å². The summed E-state index contributed by atoms with van der Waals surface area (Å²) in [6.07, 6.45) is 2.24. The summed E-state index contributed by atoms with van der Waals surface area (Å²) in [5.74, 6) is 0.702. The van der Waals surface area contributed by atoms with Crippen molar-refractivity contribution in [2.24, 2.45) is 11.3 Å². The van der Waals surface area contributed by atoms with Crippen LogP contribution in [-0.4, -0.2) is 22.9 Å². The number of carbonyl (C=O) groups is 1. The maximum Gasteiger partial charge on any atom is 0.226 e. The van der Waals surface area contributed by atoms with E-state index in [0.717, 1.165) is 19.4 Å². The van der Waals surface area contributed by atoms with Crippen molar-refractivity contribution in [1.29, 1.82) is 0 Å². The molecule has 1 saturated heterocycles. The van der Waals surface area contributed by atoms with E-state index in [1.54, 1.807) is 0 Å². The van der Waals surface area contributed by atoms with Crippen molar-refractivity contribution in [3.8, 4) is 0 Å². The van der Waals surface area contributed by atoms with Gasteiger partial charge in [-0.3, -0.25) is 4.79 Å². The normalized spacial score (nSPS) is 33.8. The van der Waals surface area contributed by atoms with Gasteiger partial charge in [-0.1, -0.05) is 13.8 Å². The first-order valence-corrected chi connectivity index (χ1v) is 5.16. The maximum absolute atomic E-state index is 11.9. The molecule has 0 spiro atoms. The first kappa shape index (κ1) is 9.04. The number of hydrogen-bond acceptors (Lipinski definition) is 1. The van der Waals surface area contributed by atoms with Gasteiger partial charge in [0, 0.05) is 18.0 Å². The zero-order chi connectivity index (χ0) is 9.85. The molecule has 1 aliphatic carbocycles. The monoisotopic (exact) mass is 181 g/mol. The number of carbonyl (C=O) groups excluding carboxylic acids is 1. The van der Waals surface area contributed by atoms with Crippen LogP contribution in [0.4, 0.5) is 0 Å². The van der Waals surface area contributed by atoms with Gasteiger partial charge in [0.25, 0.3) is 0 Å². The van der Waals surface area contributed by atoms with E-state index >= 15 is 0 Å². The third-order valence-corrected chi connectivity index (χ3v) is 3.76. The predicted octanol–water partition coefficient (Wildman–Crippen LogP) is 2.04. The molecule has 2 aliphatic rings. The zero-order valence-electron chi connectivity index (χ0n) is 9.05. The highest BCUT2D eigenvalue weighted by molar-refractivity contribution is 5.83. The Morgan fingerprint density at radius 3 is 2.08 bits per heavy atom. The molecule has 2 heteroatoms. The standard InChI is InChI=1S/C11H19NO/c1-10(2)7-8(10)9(13)12-6-5-11(12,3)4/h8H,5-7H2,1-4H3/t8-/m1/s1. The molecule has 1 heterocycles. The van der Waals surface area contributed by atoms with Crippen LogP contribution in [0.25, 0.3) is 0 Å². The minimum atomic E-state index is 0.135. The first-order chi connectivity index (χ1) is 5.84. The summed E-state index contributed by atoms with van der Waals surface area (Å²) >= 11 is 0. The van der Waals surface area contributed by atoms with Gasteiger partial charge in [0.1, 0.15) is 0 Å². The van der Waals surface area contributed by atoms with Gasteiger partial charge in [0.05, 0.1) is 0 Å². The summed E-state index contributed by atoms with van der Waals surface area (Å²) in [5, 5.41) is 0. The van der Waals surface area contributed by atoms with E-state index in [4.69, 9.17) is 0 Å². The fourth-order valence-corrected chi connectivity index (χ4v) is 2.16.